The van der Waals surface area contributed by atoms with E-state index in [4.69, 9.17) is 0 Å². The first-order valence-electron chi connectivity index (χ1n) is 4.25. The van der Waals surface area contributed by atoms with Crippen molar-refractivity contribution >= 4 is 18.4 Å². The number of rotatable bonds is 4. The molecule has 0 unspecified atom stereocenters. The molecule has 0 radical (unpaired) electrons. The Morgan fingerprint density at radius 1 is 1.53 bits per heavy atom. The van der Waals surface area contributed by atoms with Gasteiger partial charge in [-0.25, -0.2) is 0 Å². The van der Waals surface area contributed by atoms with Gasteiger partial charge >= 0.3 is 6.61 Å². The number of carbonyl (C=O) groups is 1. The minimum Gasteiger partial charge on any atom is -0.435 e. The molecule has 0 spiro atoms. The average molecular weight is 232 g/mol. The van der Waals surface area contributed by atoms with Gasteiger partial charge in [-0.3, -0.25) is 4.79 Å². The highest BCUT2D eigenvalue weighted by Gasteiger charge is 2.11. The van der Waals surface area contributed by atoms with Crippen LogP contribution in [0.2, 0.25) is 0 Å². The monoisotopic (exact) mass is 232 g/mol. The lowest BCUT2D eigenvalue weighted by Gasteiger charge is -2.09. The van der Waals surface area contributed by atoms with E-state index >= 15 is 0 Å². The molecular formula is C10H10F2O2S. The maximum Gasteiger partial charge on any atom is 0.387 e. The van der Waals surface area contributed by atoms with E-state index in [1.807, 2.05) is 0 Å². The second-order valence-electron chi connectivity index (χ2n) is 3.05. The molecule has 0 aliphatic carbocycles. The molecule has 0 atom stereocenters. The Kier molecular flexibility index (Phi) is 4.08. The molecule has 0 fully saturated rings. The van der Waals surface area contributed by atoms with Crippen LogP contribution in [0.1, 0.15) is 12.5 Å². The van der Waals surface area contributed by atoms with Gasteiger partial charge in [0.15, 0.2) is 0 Å². The number of Topliss-reactive ketones (excluding diaryl/α,β-unsaturated/α-hetero) is 1. The molecule has 1 aromatic rings. The van der Waals surface area contributed by atoms with Gasteiger partial charge in [0.25, 0.3) is 0 Å². The zero-order chi connectivity index (χ0) is 11.4. The Bertz CT molecular complexity index is 366. The number of thiol groups is 1. The number of hydrogen-bond acceptors (Lipinski definition) is 3. The molecule has 0 heterocycles. The number of ketones is 1. The standard InChI is InChI=1S/C10H10F2O2S/c1-6(13)4-7-5-8(15)2-3-9(7)14-10(11)12/h2-3,5,10,15H,4H2,1H3. The molecule has 0 saturated heterocycles. The summed E-state index contributed by atoms with van der Waals surface area (Å²) in [6.07, 6.45) is 0.0659. The van der Waals surface area contributed by atoms with Crippen molar-refractivity contribution in [2.24, 2.45) is 0 Å². The molecule has 0 aromatic heterocycles. The fraction of sp³-hybridized carbons (Fsp3) is 0.300. The number of hydrogen-bond donors (Lipinski definition) is 1. The predicted octanol–water partition coefficient (Wildman–Crippen LogP) is 2.71. The fourth-order valence-corrected chi connectivity index (χ4v) is 1.41. The Hall–Kier alpha value is -1.10. The van der Waals surface area contributed by atoms with E-state index < -0.39 is 6.61 Å². The van der Waals surface area contributed by atoms with Crippen LogP contribution in [0.4, 0.5) is 8.78 Å². The molecule has 82 valence electrons. The van der Waals surface area contributed by atoms with Crippen molar-refractivity contribution in [2.75, 3.05) is 0 Å². The molecule has 2 nitrogen and oxygen atoms in total. The minimum absolute atomic E-state index is 0.0259. The summed E-state index contributed by atoms with van der Waals surface area (Å²) in [5.74, 6) is -0.0916. The summed E-state index contributed by atoms with van der Waals surface area (Å²) in [6, 6.07) is 4.46. The summed E-state index contributed by atoms with van der Waals surface area (Å²) in [4.78, 5) is 11.5. The molecule has 0 aliphatic rings. The lowest BCUT2D eigenvalue weighted by atomic mass is 10.1. The van der Waals surface area contributed by atoms with Crippen LogP contribution in [0.5, 0.6) is 5.75 Å². The van der Waals surface area contributed by atoms with Crippen molar-refractivity contribution in [3.63, 3.8) is 0 Å². The largest absolute Gasteiger partial charge is 0.435 e. The van der Waals surface area contributed by atoms with Gasteiger partial charge < -0.3 is 4.74 Å². The molecule has 0 aliphatic heterocycles. The summed E-state index contributed by atoms with van der Waals surface area (Å²) in [5.41, 5.74) is 0.426. The second kappa shape index (κ2) is 5.11. The van der Waals surface area contributed by atoms with E-state index in [0.717, 1.165) is 0 Å². The van der Waals surface area contributed by atoms with Crippen LogP contribution in [0.3, 0.4) is 0 Å². The Labute approximate surface area is 91.7 Å². The van der Waals surface area contributed by atoms with E-state index in [0.29, 0.717) is 10.5 Å². The first-order valence-corrected chi connectivity index (χ1v) is 4.70. The van der Waals surface area contributed by atoms with Crippen molar-refractivity contribution < 1.29 is 18.3 Å². The Morgan fingerprint density at radius 2 is 2.20 bits per heavy atom. The summed E-state index contributed by atoms with van der Waals surface area (Å²) < 4.78 is 28.3. The molecule has 0 bridgehead atoms. The van der Waals surface area contributed by atoms with Gasteiger partial charge in [0.05, 0.1) is 0 Å². The normalized spacial score (nSPS) is 10.5. The Morgan fingerprint density at radius 3 is 2.73 bits per heavy atom. The van der Waals surface area contributed by atoms with Gasteiger partial charge in [-0.2, -0.15) is 8.78 Å². The fourth-order valence-electron chi connectivity index (χ4n) is 1.18. The molecule has 0 amide bonds. The first-order chi connectivity index (χ1) is 6.99. The van der Waals surface area contributed by atoms with Crippen LogP contribution >= 0.6 is 12.6 Å². The maximum atomic E-state index is 12.0. The lowest BCUT2D eigenvalue weighted by Crippen LogP contribution is -2.06. The lowest BCUT2D eigenvalue weighted by molar-refractivity contribution is -0.116. The summed E-state index contributed by atoms with van der Waals surface area (Å²) in [5, 5.41) is 0. The minimum atomic E-state index is -2.89. The van der Waals surface area contributed by atoms with Crippen LogP contribution < -0.4 is 4.74 Å². The van der Waals surface area contributed by atoms with Crippen molar-refractivity contribution in [3.8, 4) is 5.75 Å². The summed E-state index contributed by atoms with van der Waals surface area (Å²) in [6.45, 7) is -1.50. The number of benzene rings is 1. The van der Waals surface area contributed by atoms with E-state index in [-0.39, 0.29) is 18.0 Å². The number of halogens is 2. The van der Waals surface area contributed by atoms with Gasteiger partial charge in [0, 0.05) is 16.9 Å². The number of alkyl halides is 2. The molecule has 1 aromatic carbocycles. The van der Waals surface area contributed by atoms with Crippen LogP contribution in [-0.4, -0.2) is 12.4 Å². The van der Waals surface area contributed by atoms with Gasteiger partial charge in [0.2, 0.25) is 0 Å². The van der Waals surface area contributed by atoms with Gasteiger partial charge in [-0.1, -0.05) is 0 Å². The Balaban J connectivity index is 2.97. The van der Waals surface area contributed by atoms with E-state index in [1.165, 1.54) is 19.1 Å². The third-order valence-corrected chi connectivity index (χ3v) is 1.98. The second-order valence-corrected chi connectivity index (χ2v) is 3.57. The first kappa shape index (κ1) is 12.0. The SMILES string of the molecule is CC(=O)Cc1cc(S)ccc1OC(F)F. The zero-order valence-electron chi connectivity index (χ0n) is 8.04. The summed E-state index contributed by atoms with van der Waals surface area (Å²) >= 11 is 4.06. The van der Waals surface area contributed by atoms with Crippen molar-refractivity contribution in [1.29, 1.82) is 0 Å². The molecule has 5 heteroatoms. The third-order valence-electron chi connectivity index (χ3n) is 1.70. The van der Waals surface area contributed by atoms with E-state index in [1.54, 1.807) is 6.07 Å². The summed E-state index contributed by atoms with van der Waals surface area (Å²) in [7, 11) is 0. The number of carbonyl (C=O) groups excluding carboxylic acids is 1. The molecule has 15 heavy (non-hydrogen) atoms. The van der Waals surface area contributed by atoms with E-state index in [2.05, 4.69) is 17.4 Å². The smallest absolute Gasteiger partial charge is 0.387 e. The van der Waals surface area contributed by atoms with Crippen LogP contribution in [0, 0.1) is 0 Å². The third kappa shape index (κ3) is 3.87. The predicted molar refractivity (Wildman–Crippen MR) is 54.7 cm³/mol. The van der Waals surface area contributed by atoms with Gasteiger partial charge in [0.1, 0.15) is 11.5 Å². The zero-order valence-corrected chi connectivity index (χ0v) is 8.93. The molecule has 0 saturated carbocycles. The maximum absolute atomic E-state index is 12.0. The van der Waals surface area contributed by atoms with Crippen LogP contribution in [0.25, 0.3) is 0 Å². The highest BCUT2D eigenvalue weighted by molar-refractivity contribution is 7.80. The van der Waals surface area contributed by atoms with Crippen LogP contribution in [0.15, 0.2) is 23.1 Å². The average Bonchev–Trinajstić information content (AvgIpc) is 2.08. The quantitative estimate of drug-likeness (QED) is 0.808. The number of ether oxygens (including phenoxy) is 1. The van der Waals surface area contributed by atoms with Crippen molar-refractivity contribution in [1.82, 2.24) is 0 Å². The van der Waals surface area contributed by atoms with Crippen LogP contribution in [-0.2, 0) is 11.2 Å². The van der Waals surface area contributed by atoms with Crippen molar-refractivity contribution in [2.45, 2.75) is 24.9 Å². The van der Waals surface area contributed by atoms with Crippen molar-refractivity contribution in [3.05, 3.63) is 23.8 Å². The van der Waals surface area contributed by atoms with Gasteiger partial charge in [-0.05, 0) is 25.1 Å². The molecule has 1 rings (SSSR count). The van der Waals surface area contributed by atoms with Gasteiger partial charge in [-0.15, -0.1) is 12.6 Å². The molecular weight excluding hydrogens is 222 g/mol. The van der Waals surface area contributed by atoms with E-state index in [9.17, 15) is 13.6 Å². The highest BCUT2D eigenvalue weighted by Crippen LogP contribution is 2.24. The topological polar surface area (TPSA) is 26.3 Å². The molecule has 0 N–H and O–H groups in total. The highest BCUT2D eigenvalue weighted by atomic mass is 32.1.